The van der Waals surface area contributed by atoms with Gasteiger partial charge in [-0.25, -0.2) is 9.97 Å². The molecule has 8 heteroatoms. The number of aromatic nitrogens is 3. The number of hydrogen-bond acceptors (Lipinski definition) is 5. The average Bonchev–Trinajstić information content (AvgIpc) is 2.88. The summed E-state index contributed by atoms with van der Waals surface area (Å²) in [7, 11) is 0. The SMILES string of the molecule is CC(C)(O)c1ccc2c(ncn2-c2ccc([N+](=O)[O-])c(Br)c2)n1. The van der Waals surface area contributed by atoms with Gasteiger partial charge in [0, 0.05) is 11.8 Å². The van der Waals surface area contributed by atoms with E-state index in [0.717, 1.165) is 11.2 Å². The largest absolute Gasteiger partial charge is 0.384 e. The van der Waals surface area contributed by atoms with Gasteiger partial charge in [-0.1, -0.05) is 0 Å². The Bertz CT molecular complexity index is 915. The van der Waals surface area contributed by atoms with Crippen molar-refractivity contribution in [1.82, 2.24) is 14.5 Å². The van der Waals surface area contributed by atoms with Crippen LogP contribution in [-0.4, -0.2) is 24.6 Å². The Balaban J connectivity index is 2.11. The minimum Gasteiger partial charge on any atom is -0.384 e. The molecule has 0 aliphatic heterocycles. The molecule has 3 rings (SSSR count). The topological polar surface area (TPSA) is 94.1 Å². The van der Waals surface area contributed by atoms with E-state index in [4.69, 9.17) is 0 Å². The monoisotopic (exact) mass is 376 g/mol. The summed E-state index contributed by atoms with van der Waals surface area (Å²) in [5.41, 5.74) is 1.45. The van der Waals surface area contributed by atoms with Crippen LogP contribution in [-0.2, 0) is 5.60 Å². The number of benzene rings is 1. The zero-order valence-electron chi connectivity index (χ0n) is 12.4. The van der Waals surface area contributed by atoms with Gasteiger partial charge in [-0.2, -0.15) is 0 Å². The lowest BCUT2D eigenvalue weighted by atomic mass is 10.1. The molecule has 0 saturated carbocycles. The minimum absolute atomic E-state index is 0.000567. The van der Waals surface area contributed by atoms with Crippen LogP contribution >= 0.6 is 15.9 Å². The quantitative estimate of drug-likeness (QED) is 0.558. The van der Waals surface area contributed by atoms with E-state index in [2.05, 4.69) is 25.9 Å². The number of nitro groups is 1. The number of halogens is 1. The van der Waals surface area contributed by atoms with Gasteiger partial charge in [0.05, 0.1) is 20.6 Å². The van der Waals surface area contributed by atoms with Crippen molar-refractivity contribution in [2.45, 2.75) is 19.4 Å². The molecule has 23 heavy (non-hydrogen) atoms. The van der Waals surface area contributed by atoms with E-state index in [9.17, 15) is 15.2 Å². The van der Waals surface area contributed by atoms with Crippen molar-refractivity contribution in [3.05, 3.63) is 56.9 Å². The van der Waals surface area contributed by atoms with E-state index < -0.39 is 10.5 Å². The molecule has 1 N–H and O–H groups in total. The van der Waals surface area contributed by atoms with Crippen LogP contribution in [0.5, 0.6) is 0 Å². The first-order chi connectivity index (χ1) is 10.8. The van der Waals surface area contributed by atoms with Crippen LogP contribution in [0, 0.1) is 10.1 Å². The maximum Gasteiger partial charge on any atom is 0.283 e. The highest BCUT2D eigenvalue weighted by Gasteiger charge is 2.19. The fraction of sp³-hybridized carbons (Fsp3) is 0.200. The lowest BCUT2D eigenvalue weighted by Crippen LogP contribution is -2.17. The van der Waals surface area contributed by atoms with Crippen LogP contribution in [0.1, 0.15) is 19.5 Å². The second kappa shape index (κ2) is 5.39. The third kappa shape index (κ3) is 2.82. The van der Waals surface area contributed by atoms with Crippen molar-refractivity contribution in [3.8, 4) is 5.69 Å². The number of nitrogens with zero attached hydrogens (tertiary/aromatic N) is 4. The Kier molecular flexibility index (Phi) is 3.65. The lowest BCUT2D eigenvalue weighted by molar-refractivity contribution is -0.385. The molecule has 2 aromatic heterocycles. The molecule has 0 bridgehead atoms. The first-order valence-corrected chi connectivity index (χ1v) is 7.58. The summed E-state index contributed by atoms with van der Waals surface area (Å²) in [5.74, 6) is 0. The Morgan fingerprint density at radius 1 is 1.30 bits per heavy atom. The Labute approximate surface area is 139 Å². The third-order valence-electron chi connectivity index (χ3n) is 3.44. The van der Waals surface area contributed by atoms with Gasteiger partial charge in [-0.15, -0.1) is 0 Å². The summed E-state index contributed by atoms with van der Waals surface area (Å²) in [6.45, 7) is 3.32. The standard InChI is InChI=1S/C15H13BrN4O3/c1-15(2,21)13-6-5-12-14(18-13)17-8-19(12)9-3-4-11(20(22)23)10(16)7-9/h3-8,21H,1-2H3. The van der Waals surface area contributed by atoms with Crippen LogP contribution in [0.4, 0.5) is 5.69 Å². The number of hydrogen-bond donors (Lipinski definition) is 1. The van der Waals surface area contributed by atoms with Crippen molar-refractivity contribution in [3.63, 3.8) is 0 Å². The second-order valence-electron chi connectivity index (χ2n) is 5.61. The van der Waals surface area contributed by atoms with Crippen molar-refractivity contribution >= 4 is 32.8 Å². The van der Waals surface area contributed by atoms with Gasteiger partial charge in [-0.3, -0.25) is 14.7 Å². The van der Waals surface area contributed by atoms with E-state index in [1.165, 1.54) is 6.07 Å². The summed E-state index contributed by atoms with van der Waals surface area (Å²) < 4.78 is 2.17. The van der Waals surface area contributed by atoms with Crippen LogP contribution in [0.25, 0.3) is 16.9 Å². The smallest absolute Gasteiger partial charge is 0.283 e. The Morgan fingerprint density at radius 3 is 2.65 bits per heavy atom. The van der Waals surface area contributed by atoms with Crippen LogP contribution in [0.15, 0.2) is 41.1 Å². The maximum absolute atomic E-state index is 10.9. The molecule has 0 amide bonds. The maximum atomic E-state index is 10.9. The molecule has 3 aromatic rings. The van der Waals surface area contributed by atoms with Gasteiger partial charge < -0.3 is 5.11 Å². The summed E-state index contributed by atoms with van der Waals surface area (Å²) in [6.07, 6.45) is 1.60. The number of rotatable bonds is 3. The summed E-state index contributed by atoms with van der Waals surface area (Å²) in [4.78, 5) is 19.0. The molecule has 0 spiro atoms. The van der Waals surface area contributed by atoms with E-state index in [-0.39, 0.29) is 5.69 Å². The van der Waals surface area contributed by atoms with Gasteiger partial charge in [0.1, 0.15) is 11.9 Å². The molecule has 7 nitrogen and oxygen atoms in total. The highest BCUT2D eigenvalue weighted by atomic mass is 79.9. The number of aliphatic hydroxyl groups is 1. The highest BCUT2D eigenvalue weighted by molar-refractivity contribution is 9.10. The predicted molar refractivity (Wildman–Crippen MR) is 88.5 cm³/mol. The molecule has 0 saturated heterocycles. The number of nitro benzene ring substituents is 1. The average molecular weight is 377 g/mol. The zero-order chi connectivity index (χ0) is 16.8. The molecule has 0 radical (unpaired) electrons. The summed E-state index contributed by atoms with van der Waals surface area (Å²) >= 11 is 3.21. The van der Waals surface area contributed by atoms with Crippen molar-refractivity contribution in [2.75, 3.05) is 0 Å². The fourth-order valence-corrected chi connectivity index (χ4v) is 2.75. The highest BCUT2D eigenvalue weighted by Crippen LogP contribution is 2.29. The van der Waals surface area contributed by atoms with Crippen molar-refractivity contribution in [2.24, 2.45) is 0 Å². The second-order valence-corrected chi connectivity index (χ2v) is 6.46. The molecule has 0 aliphatic rings. The van der Waals surface area contributed by atoms with E-state index in [1.54, 1.807) is 42.9 Å². The van der Waals surface area contributed by atoms with Crippen LogP contribution in [0.3, 0.4) is 0 Å². The lowest BCUT2D eigenvalue weighted by Gasteiger charge is -2.16. The first-order valence-electron chi connectivity index (χ1n) is 6.78. The van der Waals surface area contributed by atoms with Gasteiger partial charge in [0.25, 0.3) is 5.69 Å². The molecule has 0 aliphatic carbocycles. The molecular weight excluding hydrogens is 364 g/mol. The van der Waals surface area contributed by atoms with Crippen LogP contribution < -0.4 is 0 Å². The zero-order valence-corrected chi connectivity index (χ0v) is 14.0. The number of pyridine rings is 1. The van der Waals surface area contributed by atoms with Crippen molar-refractivity contribution in [1.29, 1.82) is 0 Å². The van der Waals surface area contributed by atoms with Gasteiger partial charge in [-0.05, 0) is 54.0 Å². The molecule has 1 aromatic carbocycles. The van der Waals surface area contributed by atoms with E-state index in [1.807, 2.05) is 6.07 Å². The molecular formula is C15H13BrN4O3. The minimum atomic E-state index is -1.05. The van der Waals surface area contributed by atoms with E-state index in [0.29, 0.717) is 15.8 Å². The van der Waals surface area contributed by atoms with Gasteiger partial charge >= 0.3 is 0 Å². The van der Waals surface area contributed by atoms with E-state index >= 15 is 0 Å². The summed E-state index contributed by atoms with van der Waals surface area (Å²) in [6, 6.07) is 8.29. The first kappa shape index (κ1) is 15.6. The Hall–Kier alpha value is -2.32. The fourth-order valence-electron chi connectivity index (χ4n) is 2.24. The van der Waals surface area contributed by atoms with Gasteiger partial charge in [0.15, 0.2) is 5.65 Å². The third-order valence-corrected chi connectivity index (χ3v) is 4.08. The number of imidazole rings is 1. The Morgan fingerprint density at radius 2 is 2.04 bits per heavy atom. The molecule has 118 valence electrons. The molecule has 0 fully saturated rings. The predicted octanol–water partition coefficient (Wildman–Crippen LogP) is 3.32. The molecule has 0 unspecified atom stereocenters. The molecule has 2 heterocycles. The van der Waals surface area contributed by atoms with Crippen molar-refractivity contribution < 1.29 is 10.0 Å². The normalized spacial score (nSPS) is 11.8. The number of fused-ring (bicyclic) bond motifs is 1. The summed E-state index contributed by atoms with van der Waals surface area (Å²) in [5, 5.41) is 20.9. The van der Waals surface area contributed by atoms with Gasteiger partial charge in [0.2, 0.25) is 0 Å². The molecule has 0 atom stereocenters. The van der Waals surface area contributed by atoms with Crippen LogP contribution in [0.2, 0.25) is 0 Å².